The molecule has 0 bridgehead atoms. The van der Waals surface area contributed by atoms with Crippen LogP contribution in [0.2, 0.25) is 0 Å². The van der Waals surface area contributed by atoms with Gasteiger partial charge in [-0.15, -0.1) is 21.8 Å². The lowest BCUT2D eigenvalue weighted by Crippen LogP contribution is -2.11. The first kappa shape index (κ1) is 11.3. The molecule has 14 heavy (non-hydrogen) atoms. The van der Waals surface area contributed by atoms with Crippen LogP contribution in [0.4, 0.5) is 8.78 Å². The molecule has 0 atom stereocenters. The molecular formula is C7H10ClF2N3O. The van der Waals surface area contributed by atoms with E-state index in [9.17, 15) is 8.78 Å². The van der Waals surface area contributed by atoms with Crippen LogP contribution in [0.1, 0.15) is 18.1 Å². The van der Waals surface area contributed by atoms with Crippen molar-refractivity contribution in [1.29, 1.82) is 0 Å². The second-order valence-corrected chi connectivity index (χ2v) is 2.82. The molecule has 7 heteroatoms. The van der Waals surface area contributed by atoms with E-state index in [1.165, 1.54) is 11.7 Å². The quantitative estimate of drug-likeness (QED) is 0.715. The smallest absolute Gasteiger partial charge is 0.297 e. The fourth-order valence-corrected chi connectivity index (χ4v) is 1.23. The summed E-state index contributed by atoms with van der Waals surface area (Å²) in [5.74, 6) is 0.0281. The van der Waals surface area contributed by atoms with E-state index in [2.05, 4.69) is 10.2 Å². The molecule has 1 aromatic rings. The second kappa shape index (κ2) is 5.21. The van der Waals surface area contributed by atoms with Crippen LogP contribution in [-0.4, -0.2) is 28.5 Å². The van der Waals surface area contributed by atoms with E-state index >= 15 is 0 Å². The number of hydrogen-bond donors (Lipinski definition) is 0. The van der Waals surface area contributed by atoms with E-state index in [-0.39, 0.29) is 18.2 Å². The molecule has 0 unspecified atom stereocenters. The number of halogens is 3. The molecule has 0 saturated carbocycles. The summed E-state index contributed by atoms with van der Waals surface area (Å²) < 4.78 is 30.9. The Morgan fingerprint density at radius 2 is 2.21 bits per heavy atom. The summed E-state index contributed by atoms with van der Waals surface area (Å²) in [6.45, 7) is 0.604. The first-order valence-corrected chi connectivity index (χ1v) is 4.49. The van der Waals surface area contributed by atoms with Gasteiger partial charge in [-0.1, -0.05) is 0 Å². The largest absolute Gasteiger partial charge is 0.383 e. The van der Waals surface area contributed by atoms with Crippen LogP contribution < -0.4 is 0 Å². The lowest BCUT2D eigenvalue weighted by Gasteiger charge is -2.07. The van der Waals surface area contributed by atoms with Gasteiger partial charge in [-0.05, 0) is 0 Å². The Bertz CT molecular complexity index is 292. The molecule has 1 heterocycles. The van der Waals surface area contributed by atoms with Gasteiger partial charge in [0.05, 0.1) is 12.5 Å². The number of ether oxygens (including phenoxy) is 1. The van der Waals surface area contributed by atoms with E-state index in [1.54, 1.807) is 0 Å². The highest BCUT2D eigenvalue weighted by Crippen LogP contribution is 2.18. The average Bonchev–Trinajstić information content (AvgIpc) is 2.57. The maximum Gasteiger partial charge on any atom is 0.297 e. The molecular weight excluding hydrogens is 216 g/mol. The van der Waals surface area contributed by atoms with E-state index < -0.39 is 6.43 Å². The highest BCUT2D eigenvalue weighted by Gasteiger charge is 2.18. The third kappa shape index (κ3) is 2.39. The van der Waals surface area contributed by atoms with Crippen LogP contribution in [-0.2, 0) is 17.2 Å². The number of rotatable bonds is 5. The van der Waals surface area contributed by atoms with E-state index in [0.717, 1.165) is 0 Å². The number of alkyl halides is 3. The van der Waals surface area contributed by atoms with E-state index in [0.29, 0.717) is 12.4 Å². The van der Waals surface area contributed by atoms with Gasteiger partial charge in [0.25, 0.3) is 6.43 Å². The molecule has 0 fully saturated rings. The molecule has 1 rings (SSSR count). The Hall–Kier alpha value is -0.750. The molecule has 4 nitrogen and oxygen atoms in total. The molecule has 0 spiro atoms. The van der Waals surface area contributed by atoms with Gasteiger partial charge in [-0.25, -0.2) is 8.78 Å². The van der Waals surface area contributed by atoms with Crippen molar-refractivity contribution >= 4 is 11.6 Å². The van der Waals surface area contributed by atoms with Gasteiger partial charge in [0.2, 0.25) is 0 Å². The van der Waals surface area contributed by atoms with Gasteiger partial charge in [-0.3, -0.25) is 0 Å². The van der Waals surface area contributed by atoms with Crippen molar-refractivity contribution in [2.75, 3.05) is 13.7 Å². The van der Waals surface area contributed by atoms with Crippen LogP contribution in [0, 0.1) is 0 Å². The number of aromatic nitrogens is 3. The van der Waals surface area contributed by atoms with Gasteiger partial charge in [0.1, 0.15) is 5.82 Å². The summed E-state index contributed by atoms with van der Waals surface area (Å²) in [6.07, 6.45) is -2.64. The van der Waals surface area contributed by atoms with Crippen LogP contribution in [0.3, 0.4) is 0 Å². The minimum Gasteiger partial charge on any atom is -0.383 e. The first-order chi connectivity index (χ1) is 6.70. The summed E-state index contributed by atoms with van der Waals surface area (Å²) in [4.78, 5) is 0. The summed E-state index contributed by atoms with van der Waals surface area (Å²) in [6, 6.07) is 0. The molecule has 0 aliphatic heterocycles. The lowest BCUT2D eigenvalue weighted by molar-refractivity contribution is 0.128. The third-order valence-corrected chi connectivity index (χ3v) is 1.93. The molecule has 80 valence electrons. The van der Waals surface area contributed by atoms with Crippen LogP contribution in [0.15, 0.2) is 0 Å². The van der Waals surface area contributed by atoms with Crippen molar-refractivity contribution in [3.63, 3.8) is 0 Å². The fraction of sp³-hybridized carbons (Fsp3) is 0.714. The van der Waals surface area contributed by atoms with Crippen molar-refractivity contribution in [3.05, 3.63) is 11.6 Å². The zero-order chi connectivity index (χ0) is 10.6. The van der Waals surface area contributed by atoms with Crippen molar-refractivity contribution in [1.82, 2.24) is 14.8 Å². The number of nitrogens with zero attached hydrogens (tertiary/aromatic N) is 3. The fourth-order valence-electron chi connectivity index (χ4n) is 1.04. The molecule has 1 aromatic heterocycles. The Labute approximate surface area is 84.8 Å². The molecule has 0 aliphatic carbocycles. The Kier molecular flexibility index (Phi) is 4.21. The molecule has 0 N–H and O–H groups in total. The molecule has 0 amide bonds. The zero-order valence-corrected chi connectivity index (χ0v) is 8.34. The predicted octanol–water partition coefficient (Wildman–Crippen LogP) is 1.60. The van der Waals surface area contributed by atoms with Crippen LogP contribution in [0.25, 0.3) is 0 Å². The second-order valence-electron chi connectivity index (χ2n) is 2.55. The van der Waals surface area contributed by atoms with Crippen molar-refractivity contribution < 1.29 is 13.5 Å². The Morgan fingerprint density at radius 3 is 2.71 bits per heavy atom. The summed E-state index contributed by atoms with van der Waals surface area (Å²) >= 11 is 5.52. The van der Waals surface area contributed by atoms with Gasteiger partial charge >= 0.3 is 0 Å². The normalized spacial score (nSPS) is 11.2. The van der Waals surface area contributed by atoms with Crippen LogP contribution >= 0.6 is 11.6 Å². The molecule has 0 aromatic carbocycles. The third-order valence-electron chi connectivity index (χ3n) is 1.69. The number of hydrogen-bond acceptors (Lipinski definition) is 3. The maximum atomic E-state index is 12.4. The van der Waals surface area contributed by atoms with Crippen molar-refractivity contribution in [2.45, 2.75) is 18.9 Å². The standard InChI is InChI=1S/C7H10ClF2N3O/c1-14-3-2-13-5(4-8)11-12-7(13)6(9)10/h6H,2-4H2,1H3. The van der Waals surface area contributed by atoms with Crippen molar-refractivity contribution in [3.8, 4) is 0 Å². The highest BCUT2D eigenvalue weighted by molar-refractivity contribution is 6.16. The predicted molar refractivity (Wildman–Crippen MR) is 46.4 cm³/mol. The Balaban J connectivity index is 2.88. The van der Waals surface area contributed by atoms with Gasteiger partial charge in [-0.2, -0.15) is 0 Å². The average molecular weight is 226 g/mol. The summed E-state index contributed by atoms with van der Waals surface area (Å²) in [5, 5.41) is 6.92. The maximum absolute atomic E-state index is 12.4. The molecule has 0 radical (unpaired) electrons. The highest BCUT2D eigenvalue weighted by atomic mass is 35.5. The summed E-state index contributed by atoms with van der Waals surface area (Å²) in [7, 11) is 1.49. The first-order valence-electron chi connectivity index (χ1n) is 3.95. The minimum absolute atomic E-state index is 0.0590. The topological polar surface area (TPSA) is 39.9 Å². The van der Waals surface area contributed by atoms with Gasteiger partial charge < -0.3 is 9.30 Å². The minimum atomic E-state index is -2.64. The zero-order valence-electron chi connectivity index (χ0n) is 7.58. The van der Waals surface area contributed by atoms with Gasteiger partial charge in [0.15, 0.2) is 5.82 Å². The lowest BCUT2D eigenvalue weighted by atomic mass is 10.5. The molecule has 0 saturated heterocycles. The Morgan fingerprint density at radius 1 is 1.50 bits per heavy atom. The summed E-state index contributed by atoms with van der Waals surface area (Å²) in [5.41, 5.74) is 0. The van der Waals surface area contributed by atoms with E-state index in [1.807, 2.05) is 0 Å². The monoisotopic (exact) mass is 225 g/mol. The van der Waals surface area contributed by atoms with E-state index in [4.69, 9.17) is 16.3 Å². The van der Waals surface area contributed by atoms with Gasteiger partial charge in [0, 0.05) is 13.7 Å². The molecule has 0 aliphatic rings. The van der Waals surface area contributed by atoms with Crippen LogP contribution in [0.5, 0.6) is 0 Å². The number of methoxy groups -OCH3 is 1. The van der Waals surface area contributed by atoms with Crippen molar-refractivity contribution in [2.24, 2.45) is 0 Å². The SMILES string of the molecule is COCCn1c(CCl)nnc1C(F)F.